The maximum absolute atomic E-state index is 12.1. The number of nitrogens with zero attached hydrogens (tertiary/aromatic N) is 3. The smallest absolute Gasteiger partial charge is 0.238 e. The number of amides is 1. The van der Waals surface area contributed by atoms with Gasteiger partial charge >= 0.3 is 0 Å². The van der Waals surface area contributed by atoms with Crippen molar-refractivity contribution in [1.29, 1.82) is 0 Å². The van der Waals surface area contributed by atoms with E-state index >= 15 is 0 Å². The third-order valence-electron chi connectivity index (χ3n) is 4.43. The number of hydrogen-bond acceptors (Lipinski definition) is 4. The van der Waals surface area contributed by atoms with E-state index in [1.54, 1.807) is 0 Å². The molecule has 2 heterocycles. The van der Waals surface area contributed by atoms with Crippen LogP contribution in [-0.2, 0) is 11.3 Å². The summed E-state index contributed by atoms with van der Waals surface area (Å²) in [5, 5.41) is 2.95. The zero-order valence-electron chi connectivity index (χ0n) is 14.1. The van der Waals surface area contributed by atoms with E-state index in [9.17, 15) is 4.79 Å². The molecule has 5 heteroatoms. The van der Waals surface area contributed by atoms with Gasteiger partial charge in [-0.1, -0.05) is 18.2 Å². The first-order chi connectivity index (χ1) is 11.7. The van der Waals surface area contributed by atoms with Gasteiger partial charge in [0, 0.05) is 50.8 Å². The number of pyridine rings is 1. The van der Waals surface area contributed by atoms with Crippen molar-refractivity contribution in [1.82, 2.24) is 14.8 Å². The number of para-hydroxylation sites is 1. The van der Waals surface area contributed by atoms with Crippen LogP contribution in [-0.4, -0.2) is 53.4 Å². The van der Waals surface area contributed by atoms with E-state index in [2.05, 4.69) is 33.1 Å². The SMILES string of the molecule is Cc1ccncc1CN1CCN(CC(=O)Nc2ccccc2)CC1. The third kappa shape index (κ3) is 4.63. The van der Waals surface area contributed by atoms with Gasteiger partial charge < -0.3 is 5.32 Å². The zero-order chi connectivity index (χ0) is 16.8. The Balaban J connectivity index is 1.43. The Bertz CT molecular complexity index is 666. The molecular weight excluding hydrogens is 300 g/mol. The van der Waals surface area contributed by atoms with Gasteiger partial charge in [-0.25, -0.2) is 0 Å². The molecule has 0 bridgehead atoms. The van der Waals surface area contributed by atoms with Gasteiger partial charge in [-0.05, 0) is 36.2 Å². The minimum absolute atomic E-state index is 0.0535. The van der Waals surface area contributed by atoms with E-state index in [-0.39, 0.29) is 5.91 Å². The van der Waals surface area contributed by atoms with Crippen molar-refractivity contribution in [2.45, 2.75) is 13.5 Å². The highest BCUT2D eigenvalue weighted by Crippen LogP contribution is 2.11. The van der Waals surface area contributed by atoms with Crippen LogP contribution in [0.4, 0.5) is 5.69 Å². The van der Waals surface area contributed by atoms with Crippen molar-refractivity contribution in [2.24, 2.45) is 0 Å². The average molecular weight is 324 g/mol. The molecule has 1 fully saturated rings. The Morgan fingerprint density at radius 3 is 2.50 bits per heavy atom. The second-order valence-electron chi connectivity index (χ2n) is 6.27. The standard InChI is InChI=1S/C19H24N4O/c1-16-7-8-20-13-17(16)14-22-9-11-23(12-10-22)15-19(24)21-18-5-3-2-4-6-18/h2-8,13H,9-12,14-15H2,1H3,(H,21,24). The molecule has 0 radical (unpaired) electrons. The van der Waals surface area contributed by atoms with Gasteiger partial charge in [0.05, 0.1) is 6.54 Å². The summed E-state index contributed by atoms with van der Waals surface area (Å²) in [6.07, 6.45) is 3.79. The largest absolute Gasteiger partial charge is 0.325 e. The Morgan fingerprint density at radius 1 is 1.08 bits per heavy atom. The molecule has 1 saturated heterocycles. The highest BCUT2D eigenvalue weighted by atomic mass is 16.2. The Kier molecular flexibility index (Phi) is 5.56. The van der Waals surface area contributed by atoms with Crippen LogP contribution in [0.25, 0.3) is 0 Å². The van der Waals surface area contributed by atoms with Crippen LogP contribution in [0.5, 0.6) is 0 Å². The molecule has 0 aliphatic carbocycles. The van der Waals surface area contributed by atoms with Crippen LogP contribution >= 0.6 is 0 Å². The average Bonchev–Trinajstić information content (AvgIpc) is 2.59. The summed E-state index contributed by atoms with van der Waals surface area (Å²) in [5.74, 6) is 0.0535. The molecule has 126 valence electrons. The lowest BCUT2D eigenvalue weighted by atomic mass is 10.1. The van der Waals surface area contributed by atoms with Gasteiger partial charge in [0.15, 0.2) is 0 Å². The van der Waals surface area contributed by atoms with Crippen LogP contribution in [0.3, 0.4) is 0 Å². The van der Waals surface area contributed by atoms with E-state index in [0.717, 1.165) is 38.4 Å². The van der Waals surface area contributed by atoms with E-state index in [1.807, 2.05) is 42.7 Å². The van der Waals surface area contributed by atoms with Crippen molar-refractivity contribution < 1.29 is 4.79 Å². The van der Waals surface area contributed by atoms with Crippen LogP contribution in [0, 0.1) is 6.92 Å². The molecule has 24 heavy (non-hydrogen) atoms. The predicted octanol–water partition coefficient (Wildman–Crippen LogP) is 2.15. The van der Waals surface area contributed by atoms with Gasteiger partial charge in [-0.3, -0.25) is 19.6 Å². The first-order valence-corrected chi connectivity index (χ1v) is 8.40. The van der Waals surface area contributed by atoms with Gasteiger partial charge in [-0.2, -0.15) is 0 Å². The molecule has 1 aliphatic heterocycles. The molecule has 0 saturated carbocycles. The summed E-state index contributed by atoms with van der Waals surface area (Å²) < 4.78 is 0. The number of aryl methyl sites for hydroxylation is 1. The second kappa shape index (κ2) is 8.04. The molecule has 1 N–H and O–H groups in total. The van der Waals surface area contributed by atoms with E-state index in [1.165, 1.54) is 11.1 Å². The number of piperazine rings is 1. The van der Waals surface area contributed by atoms with Crippen LogP contribution in [0.1, 0.15) is 11.1 Å². The van der Waals surface area contributed by atoms with Crippen LogP contribution < -0.4 is 5.32 Å². The highest BCUT2D eigenvalue weighted by molar-refractivity contribution is 5.92. The predicted molar refractivity (Wildman–Crippen MR) is 95.8 cm³/mol. The number of benzene rings is 1. The van der Waals surface area contributed by atoms with Crippen molar-refractivity contribution in [2.75, 3.05) is 38.0 Å². The summed E-state index contributed by atoms with van der Waals surface area (Å²) in [5.41, 5.74) is 3.43. The van der Waals surface area contributed by atoms with Gasteiger partial charge in [0.25, 0.3) is 0 Å². The third-order valence-corrected chi connectivity index (χ3v) is 4.43. The summed E-state index contributed by atoms with van der Waals surface area (Å²) >= 11 is 0. The summed E-state index contributed by atoms with van der Waals surface area (Å²) in [6.45, 7) is 7.31. The van der Waals surface area contributed by atoms with Crippen LogP contribution in [0.15, 0.2) is 48.8 Å². The molecule has 1 aromatic carbocycles. The van der Waals surface area contributed by atoms with E-state index in [4.69, 9.17) is 0 Å². The van der Waals surface area contributed by atoms with Gasteiger partial charge in [-0.15, -0.1) is 0 Å². The van der Waals surface area contributed by atoms with Crippen molar-refractivity contribution in [3.63, 3.8) is 0 Å². The molecular formula is C19H24N4O. The first kappa shape index (κ1) is 16.6. The van der Waals surface area contributed by atoms with Crippen molar-refractivity contribution >= 4 is 11.6 Å². The zero-order valence-corrected chi connectivity index (χ0v) is 14.1. The number of nitrogens with one attached hydrogen (secondary N) is 1. The minimum Gasteiger partial charge on any atom is -0.325 e. The fourth-order valence-corrected chi connectivity index (χ4v) is 2.93. The highest BCUT2D eigenvalue weighted by Gasteiger charge is 2.19. The summed E-state index contributed by atoms with van der Waals surface area (Å²) in [6, 6.07) is 11.7. The summed E-state index contributed by atoms with van der Waals surface area (Å²) in [7, 11) is 0. The Morgan fingerprint density at radius 2 is 1.79 bits per heavy atom. The van der Waals surface area contributed by atoms with E-state index in [0.29, 0.717) is 6.54 Å². The molecule has 2 aromatic rings. The number of carbonyl (C=O) groups is 1. The lowest BCUT2D eigenvalue weighted by Gasteiger charge is -2.34. The normalized spacial score (nSPS) is 16.0. The number of carbonyl (C=O) groups excluding carboxylic acids is 1. The molecule has 3 rings (SSSR count). The second-order valence-corrected chi connectivity index (χ2v) is 6.27. The number of rotatable bonds is 5. The molecule has 5 nitrogen and oxygen atoms in total. The lowest BCUT2D eigenvalue weighted by molar-refractivity contribution is -0.117. The fourth-order valence-electron chi connectivity index (χ4n) is 2.93. The molecule has 1 aromatic heterocycles. The maximum atomic E-state index is 12.1. The maximum Gasteiger partial charge on any atom is 0.238 e. The molecule has 0 unspecified atom stereocenters. The van der Waals surface area contributed by atoms with Gasteiger partial charge in [0.2, 0.25) is 5.91 Å². The van der Waals surface area contributed by atoms with Gasteiger partial charge in [0.1, 0.15) is 0 Å². The molecule has 1 amide bonds. The topological polar surface area (TPSA) is 48.5 Å². The van der Waals surface area contributed by atoms with Crippen LogP contribution in [0.2, 0.25) is 0 Å². The van der Waals surface area contributed by atoms with E-state index < -0.39 is 0 Å². The number of hydrogen-bond donors (Lipinski definition) is 1. The first-order valence-electron chi connectivity index (χ1n) is 8.40. The molecule has 0 atom stereocenters. The Hall–Kier alpha value is -2.24. The molecule has 1 aliphatic rings. The van der Waals surface area contributed by atoms with Crippen molar-refractivity contribution in [3.05, 3.63) is 59.9 Å². The van der Waals surface area contributed by atoms with Crippen molar-refractivity contribution in [3.8, 4) is 0 Å². The monoisotopic (exact) mass is 324 g/mol. The Labute approximate surface area is 143 Å². The minimum atomic E-state index is 0.0535. The molecule has 0 spiro atoms. The number of anilines is 1. The lowest BCUT2D eigenvalue weighted by Crippen LogP contribution is -2.48. The quantitative estimate of drug-likeness (QED) is 0.915. The number of aromatic nitrogens is 1. The fraction of sp³-hybridized carbons (Fsp3) is 0.368. The summed E-state index contributed by atoms with van der Waals surface area (Å²) in [4.78, 5) is 21.0.